The molecule has 0 amide bonds. The molecule has 0 radical (unpaired) electrons. The molecule has 2 aromatic heterocycles. The van der Waals surface area contributed by atoms with Crippen LogP contribution in [0.1, 0.15) is 43.2 Å². The van der Waals surface area contributed by atoms with Crippen molar-refractivity contribution in [1.82, 2.24) is 20.3 Å². The van der Waals surface area contributed by atoms with Crippen molar-refractivity contribution in [3.05, 3.63) is 65.9 Å². The van der Waals surface area contributed by atoms with Gasteiger partial charge < -0.3 is 18.4 Å². The predicted octanol–water partition coefficient (Wildman–Crippen LogP) is 5.05. The third kappa shape index (κ3) is 4.27. The van der Waals surface area contributed by atoms with Crippen molar-refractivity contribution in [2.45, 2.75) is 36.8 Å². The molecular weight excluding hydrogens is 416 g/mol. The Balaban J connectivity index is 1.20. The standard InChI is InChI=1S/C22H20N4O4S/c1-13(2)14-7-9-15(10-8-14)20-23-19(30-26-20)12-31-22-25-24-21(29-22)18-11-27-16-5-3-4-6-17(16)28-18/h3-10,13,18H,11-12H2,1-2H3. The predicted molar refractivity (Wildman–Crippen MR) is 113 cm³/mol. The van der Waals surface area contributed by atoms with Crippen molar-refractivity contribution < 1.29 is 18.4 Å². The van der Waals surface area contributed by atoms with Gasteiger partial charge in [0.1, 0.15) is 6.61 Å². The minimum absolute atomic E-state index is 0.311. The molecule has 0 bridgehead atoms. The monoisotopic (exact) mass is 436 g/mol. The highest BCUT2D eigenvalue weighted by Gasteiger charge is 2.27. The van der Waals surface area contributed by atoms with Crippen molar-refractivity contribution in [2.24, 2.45) is 0 Å². The van der Waals surface area contributed by atoms with E-state index in [0.717, 1.165) is 5.56 Å². The third-order valence-electron chi connectivity index (χ3n) is 4.83. The van der Waals surface area contributed by atoms with Crippen LogP contribution in [0.4, 0.5) is 0 Å². The molecule has 5 rings (SSSR count). The van der Waals surface area contributed by atoms with Crippen LogP contribution in [0.25, 0.3) is 11.4 Å². The topological polar surface area (TPSA) is 96.3 Å². The summed E-state index contributed by atoms with van der Waals surface area (Å²) < 4.78 is 22.7. The largest absolute Gasteiger partial charge is 0.485 e. The number of hydrogen-bond donors (Lipinski definition) is 0. The second-order valence-electron chi connectivity index (χ2n) is 7.35. The number of para-hydroxylation sites is 2. The van der Waals surface area contributed by atoms with Gasteiger partial charge in [-0.15, -0.1) is 10.2 Å². The summed E-state index contributed by atoms with van der Waals surface area (Å²) in [5, 5.41) is 12.6. The number of rotatable bonds is 6. The molecule has 0 N–H and O–H groups in total. The second-order valence-corrected chi connectivity index (χ2v) is 8.27. The van der Waals surface area contributed by atoms with E-state index in [1.807, 2.05) is 36.4 Å². The lowest BCUT2D eigenvalue weighted by molar-refractivity contribution is 0.0686. The van der Waals surface area contributed by atoms with Gasteiger partial charge in [-0.3, -0.25) is 0 Å². The van der Waals surface area contributed by atoms with E-state index in [1.165, 1.54) is 17.3 Å². The Morgan fingerprint density at radius 1 is 1.03 bits per heavy atom. The summed E-state index contributed by atoms with van der Waals surface area (Å²) >= 11 is 1.33. The summed E-state index contributed by atoms with van der Waals surface area (Å²) in [6.45, 7) is 4.63. The van der Waals surface area contributed by atoms with E-state index >= 15 is 0 Å². The summed E-state index contributed by atoms with van der Waals surface area (Å²) in [4.78, 5) is 4.46. The molecule has 0 saturated heterocycles. The number of thioether (sulfide) groups is 1. The smallest absolute Gasteiger partial charge is 0.277 e. The lowest BCUT2D eigenvalue weighted by Crippen LogP contribution is -2.21. The Labute approximate surface area is 183 Å². The molecule has 4 aromatic rings. The van der Waals surface area contributed by atoms with Gasteiger partial charge in [0.15, 0.2) is 11.5 Å². The van der Waals surface area contributed by atoms with E-state index < -0.39 is 6.10 Å². The SMILES string of the molecule is CC(C)c1ccc(-c2noc(CSc3nnc(C4COc5ccccc5O4)o3)n2)cc1. The fourth-order valence-corrected chi connectivity index (χ4v) is 3.73. The van der Waals surface area contributed by atoms with Gasteiger partial charge in [0.05, 0.1) is 5.75 Å². The number of hydrogen-bond acceptors (Lipinski definition) is 9. The van der Waals surface area contributed by atoms with Crippen LogP contribution < -0.4 is 9.47 Å². The number of ether oxygens (including phenoxy) is 2. The zero-order chi connectivity index (χ0) is 21.2. The maximum absolute atomic E-state index is 5.90. The summed E-state index contributed by atoms with van der Waals surface area (Å²) in [7, 11) is 0. The van der Waals surface area contributed by atoms with Crippen LogP contribution in [0, 0.1) is 0 Å². The first-order chi connectivity index (χ1) is 15.2. The zero-order valence-corrected chi connectivity index (χ0v) is 17.8. The van der Waals surface area contributed by atoms with Crippen LogP contribution in [0.3, 0.4) is 0 Å². The summed E-state index contributed by atoms with van der Waals surface area (Å²) in [5.41, 5.74) is 2.19. The summed E-state index contributed by atoms with van der Waals surface area (Å²) in [6, 6.07) is 15.7. The van der Waals surface area contributed by atoms with E-state index in [-0.39, 0.29) is 0 Å². The molecular formula is C22H20N4O4S. The number of benzene rings is 2. The van der Waals surface area contributed by atoms with Crippen molar-refractivity contribution in [1.29, 1.82) is 0 Å². The first-order valence-corrected chi connectivity index (χ1v) is 10.9. The zero-order valence-electron chi connectivity index (χ0n) is 17.0. The van der Waals surface area contributed by atoms with Crippen LogP contribution in [0.5, 0.6) is 11.5 Å². The van der Waals surface area contributed by atoms with Crippen LogP contribution >= 0.6 is 11.8 Å². The lowest BCUT2D eigenvalue weighted by Gasteiger charge is -2.23. The number of nitrogens with zero attached hydrogens (tertiary/aromatic N) is 4. The van der Waals surface area contributed by atoms with E-state index in [4.69, 9.17) is 18.4 Å². The van der Waals surface area contributed by atoms with Crippen molar-refractivity contribution >= 4 is 11.8 Å². The van der Waals surface area contributed by atoms with Crippen molar-refractivity contribution in [2.75, 3.05) is 6.61 Å². The van der Waals surface area contributed by atoms with Gasteiger partial charge in [0.2, 0.25) is 17.8 Å². The minimum atomic E-state index is -0.444. The second kappa shape index (κ2) is 8.43. The van der Waals surface area contributed by atoms with E-state index in [2.05, 4.69) is 46.3 Å². The average molecular weight is 436 g/mol. The van der Waals surface area contributed by atoms with Gasteiger partial charge in [0, 0.05) is 5.56 Å². The molecule has 0 saturated carbocycles. The van der Waals surface area contributed by atoms with Crippen LogP contribution in [-0.2, 0) is 5.75 Å². The molecule has 31 heavy (non-hydrogen) atoms. The van der Waals surface area contributed by atoms with Gasteiger partial charge in [-0.1, -0.05) is 67.2 Å². The van der Waals surface area contributed by atoms with Crippen LogP contribution in [0.15, 0.2) is 62.7 Å². The average Bonchev–Trinajstić information content (AvgIpc) is 3.47. The van der Waals surface area contributed by atoms with Gasteiger partial charge in [-0.2, -0.15) is 4.98 Å². The van der Waals surface area contributed by atoms with E-state index in [9.17, 15) is 0 Å². The summed E-state index contributed by atoms with van der Waals surface area (Å²) in [5.74, 6) is 3.68. The molecule has 9 heteroatoms. The quantitative estimate of drug-likeness (QED) is 0.385. The van der Waals surface area contributed by atoms with E-state index in [1.54, 1.807) is 0 Å². The molecule has 3 heterocycles. The Bertz CT molecular complexity index is 1170. The maximum atomic E-state index is 5.90. The molecule has 1 atom stereocenters. The van der Waals surface area contributed by atoms with Crippen molar-refractivity contribution in [3.8, 4) is 22.9 Å². The van der Waals surface area contributed by atoms with Gasteiger partial charge in [-0.25, -0.2) is 0 Å². The van der Waals surface area contributed by atoms with E-state index in [0.29, 0.717) is 52.6 Å². The Kier molecular flexibility index (Phi) is 5.33. The first-order valence-electron chi connectivity index (χ1n) is 9.93. The molecule has 1 aliphatic rings. The highest BCUT2D eigenvalue weighted by molar-refractivity contribution is 7.98. The summed E-state index contributed by atoms with van der Waals surface area (Å²) in [6.07, 6.45) is -0.444. The maximum Gasteiger partial charge on any atom is 0.277 e. The normalized spacial score (nSPS) is 15.4. The Morgan fingerprint density at radius 3 is 2.65 bits per heavy atom. The van der Waals surface area contributed by atoms with Crippen molar-refractivity contribution in [3.63, 3.8) is 0 Å². The third-order valence-corrected chi connectivity index (χ3v) is 5.63. The number of aromatic nitrogens is 4. The van der Waals surface area contributed by atoms with Gasteiger partial charge in [0.25, 0.3) is 11.1 Å². The molecule has 0 fully saturated rings. The fourth-order valence-electron chi connectivity index (χ4n) is 3.12. The molecule has 158 valence electrons. The molecule has 2 aromatic carbocycles. The lowest BCUT2D eigenvalue weighted by atomic mass is 10.0. The fraction of sp³-hybridized carbons (Fsp3) is 0.273. The first kappa shape index (κ1) is 19.6. The molecule has 1 aliphatic heterocycles. The highest BCUT2D eigenvalue weighted by atomic mass is 32.2. The van der Waals surface area contributed by atoms with Gasteiger partial charge in [-0.05, 0) is 23.6 Å². The van der Waals surface area contributed by atoms with Crippen LogP contribution in [0.2, 0.25) is 0 Å². The Morgan fingerprint density at radius 2 is 1.84 bits per heavy atom. The number of fused-ring (bicyclic) bond motifs is 1. The van der Waals surface area contributed by atoms with Gasteiger partial charge >= 0.3 is 0 Å². The highest BCUT2D eigenvalue weighted by Crippen LogP contribution is 2.36. The molecule has 1 unspecified atom stereocenters. The van der Waals surface area contributed by atoms with Crippen LogP contribution in [-0.4, -0.2) is 26.9 Å². The molecule has 8 nitrogen and oxygen atoms in total. The molecule has 0 aliphatic carbocycles. The minimum Gasteiger partial charge on any atom is -0.485 e. The Hall–Kier alpha value is -3.33. The molecule has 0 spiro atoms.